The van der Waals surface area contributed by atoms with Crippen LogP contribution in [0, 0.1) is 6.92 Å². The molecule has 0 radical (unpaired) electrons. The molecule has 0 aliphatic rings. The Morgan fingerprint density at radius 1 is 0.800 bits per heavy atom. The second kappa shape index (κ2) is 7.60. The van der Waals surface area contributed by atoms with Crippen molar-refractivity contribution in [3.8, 4) is 11.5 Å². The monoisotopic (exact) mass is 333 g/mol. The summed E-state index contributed by atoms with van der Waals surface area (Å²) in [6.45, 7) is 9.56. The van der Waals surface area contributed by atoms with Gasteiger partial charge in [0.1, 0.15) is 11.5 Å². The lowest BCUT2D eigenvalue weighted by Gasteiger charge is -2.16. The van der Waals surface area contributed by atoms with E-state index in [0.717, 1.165) is 42.1 Å². The molecule has 25 heavy (non-hydrogen) atoms. The third-order valence-electron chi connectivity index (χ3n) is 4.84. The van der Waals surface area contributed by atoms with Gasteiger partial charge in [-0.1, -0.05) is 44.2 Å². The highest BCUT2D eigenvalue weighted by Gasteiger charge is 2.11. The zero-order valence-corrected chi connectivity index (χ0v) is 15.6. The van der Waals surface area contributed by atoms with Crippen molar-refractivity contribution in [2.75, 3.05) is 11.9 Å². The maximum atomic E-state index is 6.34. The second-order valence-electron chi connectivity index (χ2n) is 6.32. The molecular formula is C23H27NO. The normalized spacial score (nSPS) is 10.9. The molecule has 0 unspecified atom stereocenters. The summed E-state index contributed by atoms with van der Waals surface area (Å²) < 4.78 is 6.34. The molecular weight excluding hydrogens is 306 g/mol. The zero-order valence-electron chi connectivity index (χ0n) is 15.6. The average Bonchev–Trinajstić information content (AvgIpc) is 2.64. The molecule has 2 heteroatoms. The van der Waals surface area contributed by atoms with Crippen LogP contribution in [0.15, 0.2) is 48.5 Å². The van der Waals surface area contributed by atoms with Crippen molar-refractivity contribution in [3.63, 3.8) is 0 Å². The Hall–Kier alpha value is -2.48. The first kappa shape index (κ1) is 17.3. The summed E-state index contributed by atoms with van der Waals surface area (Å²) in [5.41, 5.74) is 5.13. The number of hydrogen-bond acceptors (Lipinski definition) is 2. The summed E-state index contributed by atoms with van der Waals surface area (Å²) in [6.07, 6.45) is 2.10. The Kier molecular flexibility index (Phi) is 5.28. The number of fused-ring (bicyclic) bond motifs is 1. The fourth-order valence-corrected chi connectivity index (χ4v) is 3.50. The lowest BCUT2D eigenvalue weighted by Crippen LogP contribution is -2.00. The van der Waals surface area contributed by atoms with E-state index in [-0.39, 0.29) is 0 Å². The lowest BCUT2D eigenvalue weighted by molar-refractivity contribution is 0.485. The molecule has 3 rings (SSSR count). The van der Waals surface area contributed by atoms with Crippen LogP contribution < -0.4 is 10.1 Å². The van der Waals surface area contributed by atoms with E-state index in [4.69, 9.17) is 4.74 Å². The van der Waals surface area contributed by atoms with Crippen molar-refractivity contribution in [2.24, 2.45) is 0 Å². The minimum absolute atomic E-state index is 0.901. The van der Waals surface area contributed by atoms with Crippen LogP contribution in [0.3, 0.4) is 0 Å². The number of anilines is 1. The van der Waals surface area contributed by atoms with Gasteiger partial charge in [0, 0.05) is 23.2 Å². The van der Waals surface area contributed by atoms with Crippen LogP contribution in [0.25, 0.3) is 10.8 Å². The average molecular weight is 333 g/mol. The molecule has 3 aromatic carbocycles. The number of ether oxygens (including phenoxy) is 1. The van der Waals surface area contributed by atoms with Gasteiger partial charge in [-0.05, 0) is 61.4 Å². The Bertz CT molecular complexity index is 883. The molecule has 2 nitrogen and oxygen atoms in total. The van der Waals surface area contributed by atoms with Gasteiger partial charge in [0.2, 0.25) is 0 Å². The van der Waals surface area contributed by atoms with E-state index in [0.29, 0.717) is 0 Å². The predicted octanol–water partition coefficient (Wildman–Crippen LogP) is 6.50. The molecule has 0 saturated heterocycles. The minimum Gasteiger partial charge on any atom is -0.456 e. The molecule has 0 aromatic heterocycles. The molecule has 0 heterocycles. The Morgan fingerprint density at radius 2 is 1.56 bits per heavy atom. The number of aryl methyl sites for hydroxylation is 2. The van der Waals surface area contributed by atoms with Crippen LogP contribution in [0.1, 0.15) is 37.5 Å². The minimum atomic E-state index is 0.901. The van der Waals surface area contributed by atoms with Gasteiger partial charge in [-0.25, -0.2) is 0 Å². The second-order valence-corrected chi connectivity index (χ2v) is 6.32. The number of hydrogen-bond donors (Lipinski definition) is 1. The predicted molar refractivity (Wildman–Crippen MR) is 108 cm³/mol. The molecule has 0 amide bonds. The van der Waals surface area contributed by atoms with E-state index >= 15 is 0 Å². The van der Waals surface area contributed by atoms with Gasteiger partial charge in [0.25, 0.3) is 0 Å². The molecule has 0 bridgehead atoms. The maximum absolute atomic E-state index is 6.34. The van der Waals surface area contributed by atoms with Crippen LogP contribution in [-0.4, -0.2) is 6.54 Å². The SMILES string of the molecule is CCNc1cccc(Oc2cccc3c(CC)c(CC)ccc23)c1C. The Labute approximate surface area is 150 Å². The highest BCUT2D eigenvalue weighted by molar-refractivity contribution is 5.92. The van der Waals surface area contributed by atoms with Gasteiger partial charge in [-0.3, -0.25) is 0 Å². The highest BCUT2D eigenvalue weighted by Crippen LogP contribution is 2.36. The number of benzene rings is 3. The first-order valence-electron chi connectivity index (χ1n) is 9.24. The van der Waals surface area contributed by atoms with Crippen LogP contribution in [0.4, 0.5) is 5.69 Å². The Morgan fingerprint density at radius 3 is 2.28 bits per heavy atom. The fourth-order valence-electron chi connectivity index (χ4n) is 3.50. The molecule has 0 saturated carbocycles. The maximum Gasteiger partial charge on any atom is 0.135 e. The molecule has 1 N–H and O–H groups in total. The molecule has 0 fully saturated rings. The first-order chi connectivity index (χ1) is 12.2. The van der Waals surface area contributed by atoms with Crippen molar-refractivity contribution in [1.82, 2.24) is 0 Å². The van der Waals surface area contributed by atoms with E-state index in [9.17, 15) is 0 Å². The van der Waals surface area contributed by atoms with Gasteiger partial charge in [0.15, 0.2) is 0 Å². The topological polar surface area (TPSA) is 21.3 Å². The lowest BCUT2D eigenvalue weighted by atomic mass is 9.95. The van der Waals surface area contributed by atoms with E-state index in [2.05, 4.69) is 69.4 Å². The van der Waals surface area contributed by atoms with Gasteiger partial charge < -0.3 is 10.1 Å². The van der Waals surface area contributed by atoms with Crippen molar-refractivity contribution >= 4 is 16.5 Å². The molecule has 0 aliphatic heterocycles. The van der Waals surface area contributed by atoms with E-state index < -0.39 is 0 Å². The summed E-state index contributed by atoms with van der Waals surface area (Å²) >= 11 is 0. The fraction of sp³-hybridized carbons (Fsp3) is 0.304. The quantitative estimate of drug-likeness (QED) is 0.556. The third kappa shape index (κ3) is 3.34. The number of rotatable bonds is 6. The molecule has 3 aromatic rings. The van der Waals surface area contributed by atoms with E-state index in [1.165, 1.54) is 21.9 Å². The van der Waals surface area contributed by atoms with E-state index in [1.54, 1.807) is 0 Å². The summed E-state index contributed by atoms with van der Waals surface area (Å²) in [6, 6.07) is 17.0. The molecule has 0 aliphatic carbocycles. The summed E-state index contributed by atoms with van der Waals surface area (Å²) in [5.74, 6) is 1.83. The van der Waals surface area contributed by atoms with Gasteiger partial charge in [-0.15, -0.1) is 0 Å². The van der Waals surface area contributed by atoms with Crippen LogP contribution in [0.2, 0.25) is 0 Å². The third-order valence-corrected chi connectivity index (χ3v) is 4.84. The number of nitrogens with one attached hydrogen (secondary N) is 1. The van der Waals surface area contributed by atoms with Crippen molar-refractivity contribution in [2.45, 2.75) is 40.5 Å². The van der Waals surface area contributed by atoms with Crippen LogP contribution >= 0.6 is 0 Å². The molecule has 0 spiro atoms. The van der Waals surface area contributed by atoms with Crippen molar-refractivity contribution in [1.29, 1.82) is 0 Å². The van der Waals surface area contributed by atoms with Gasteiger partial charge in [0.05, 0.1) is 0 Å². The van der Waals surface area contributed by atoms with Crippen molar-refractivity contribution < 1.29 is 4.74 Å². The standard InChI is InChI=1S/C23H27NO/c1-5-17-14-15-20-19(18(17)6-2)10-8-13-23(20)25-22-12-9-11-21(16(22)4)24-7-3/h8-15,24H,5-7H2,1-4H3. The Balaban J connectivity index is 2.07. The van der Waals surface area contributed by atoms with Gasteiger partial charge in [-0.2, -0.15) is 0 Å². The van der Waals surface area contributed by atoms with Gasteiger partial charge >= 0.3 is 0 Å². The summed E-state index contributed by atoms with van der Waals surface area (Å²) in [7, 11) is 0. The smallest absolute Gasteiger partial charge is 0.135 e. The van der Waals surface area contributed by atoms with Crippen LogP contribution in [0.5, 0.6) is 11.5 Å². The van der Waals surface area contributed by atoms with E-state index in [1.807, 2.05) is 12.1 Å². The first-order valence-corrected chi connectivity index (χ1v) is 9.24. The zero-order chi connectivity index (χ0) is 17.8. The van der Waals surface area contributed by atoms with Crippen molar-refractivity contribution in [3.05, 3.63) is 65.2 Å². The largest absolute Gasteiger partial charge is 0.456 e. The summed E-state index contributed by atoms with van der Waals surface area (Å²) in [5, 5.41) is 5.88. The molecule has 0 atom stereocenters. The van der Waals surface area contributed by atoms with Crippen LogP contribution in [-0.2, 0) is 12.8 Å². The molecule has 130 valence electrons. The summed E-state index contributed by atoms with van der Waals surface area (Å²) in [4.78, 5) is 0. The highest BCUT2D eigenvalue weighted by atomic mass is 16.5.